The minimum absolute atomic E-state index is 1.06. The van der Waals surface area contributed by atoms with Crippen molar-refractivity contribution in [1.82, 2.24) is 0 Å². The highest BCUT2D eigenvalue weighted by Crippen LogP contribution is 2.44. The lowest BCUT2D eigenvalue weighted by molar-refractivity contribution is 0.673. The molecule has 0 heteroatoms. The van der Waals surface area contributed by atoms with Crippen LogP contribution in [0.5, 0.6) is 0 Å². The molecule has 0 aromatic rings. The van der Waals surface area contributed by atoms with Crippen LogP contribution >= 0.6 is 0 Å². The number of fused-ring (bicyclic) bond motifs is 1. The van der Waals surface area contributed by atoms with E-state index in [-0.39, 0.29) is 0 Å². The van der Waals surface area contributed by atoms with E-state index < -0.39 is 0 Å². The van der Waals surface area contributed by atoms with Gasteiger partial charge in [-0.25, -0.2) is 0 Å². The van der Waals surface area contributed by atoms with Gasteiger partial charge in [-0.3, -0.25) is 0 Å². The van der Waals surface area contributed by atoms with Crippen LogP contribution in [0.2, 0.25) is 0 Å². The normalized spacial score (nSPS) is 36.6. The third-order valence-corrected chi connectivity index (χ3v) is 2.01. The van der Waals surface area contributed by atoms with Crippen molar-refractivity contribution >= 4 is 0 Å². The zero-order chi connectivity index (χ0) is 4.69. The second kappa shape index (κ2) is 1.12. The Bertz CT molecular complexity index is 111. The van der Waals surface area contributed by atoms with Gasteiger partial charge >= 0.3 is 0 Å². The fraction of sp³-hybridized carbons (Fsp3) is 0.714. The molecule has 0 aliphatic heterocycles. The molecular formula is C7H10. The molecule has 0 amide bonds. The lowest BCUT2D eigenvalue weighted by atomic mass is 10.1. The molecule has 0 aromatic heterocycles. The first-order chi connectivity index (χ1) is 3.47. The summed E-state index contributed by atoms with van der Waals surface area (Å²) in [5.41, 5.74) is 1.76. The van der Waals surface area contributed by atoms with Crippen LogP contribution in [0, 0.1) is 5.92 Å². The average molecular weight is 94.2 g/mol. The van der Waals surface area contributed by atoms with Crippen LogP contribution in [0.3, 0.4) is 0 Å². The number of hydrogen-bond donors (Lipinski definition) is 0. The maximum absolute atomic E-state index is 2.42. The van der Waals surface area contributed by atoms with Crippen LogP contribution in [0.4, 0.5) is 0 Å². The SMILES string of the molecule is C1=C2C[C@@H]2CCC1. The van der Waals surface area contributed by atoms with Gasteiger partial charge in [-0.05, 0) is 31.6 Å². The fourth-order valence-corrected chi connectivity index (χ4v) is 1.41. The van der Waals surface area contributed by atoms with E-state index in [0.717, 1.165) is 5.92 Å². The number of hydrogen-bond acceptors (Lipinski definition) is 0. The van der Waals surface area contributed by atoms with Gasteiger partial charge in [-0.1, -0.05) is 11.6 Å². The molecular weight excluding hydrogens is 84.1 g/mol. The van der Waals surface area contributed by atoms with E-state index in [1.54, 1.807) is 5.57 Å². The molecule has 1 fully saturated rings. The van der Waals surface area contributed by atoms with Gasteiger partial charge in [0.1, 0.15) is 0 Å². The molecule has 0 unspecified atom stereocenters. The molecule has 0 nitrogen and oxygen atoms in total. The highest BCUT2D eigenvalue weighted by atomic mass is 14.3. The monoisotopic (exact) mass is 94.1 g/mol. The van der Waals surface area contributed by atoms with Crippen LogP contribution in [-0.4, -0.2) is 0 Å². The van der Waals surface area contributed by atoms with Gasteiger partial charge in [0.15, 0.2) is 0 Å². The van der Waals surface area contributed by atoms with Crippen molar-refractivity contribution < 1.29 is 0 Å². The van der Waals surface area contributed by atoms with Gasteiger partial charge in [0.25, 0.3) is 0 Å². The average Bonchev–Trinajstić information content (AvgIpc) is 2.41. The zero-order valence-electron chi connectivity index (χ0n) is 4.48. The second-order valence-corrected chi connectivity index (χ2v) is 2.61. The number of allylic oxidation sites excluding steroid dienone is 2. The van der Waals surface area contributed by atoms with Crippen molar-refractivity contribution in [1.29, 1.82) is 0 Å². The largest absolute Gasteiger partial charge is 0.0850 e. The second-order valence-electron chi connectivity index (χ2n) is 2.61. The van der Waals surface area contributed by atoms with Crippen molar-refractivity contribution in [2.45, 2.75) is 25.7 Å². The molecule has 0 heterocycles. The molecule has 0 spiro atoms. The van der Waals surface area contributed by atoms with Crippen molar-refractivity contribution in [3.63, 3.8) is 0 Å². The fourth-order valence-electron chi connectivity index (χ4n) is 1.41. The Morgan fingerprint density at radius 3 is 3.14 bits per heavy atom. The van der Waals surface area contributed by atoms with Crippen molar-refractivity contribution in [2.24, 2.45) is 5.92 Å². The first kappa shape index (κ1) is 3.71. The minimum atomic E-state index is 1.06. The van der Waals surface area contributed by atoms with Crippen LogP contribution in [-0.2, 0) is 0 Å². The van der Waals surface area contributed by atoms with E-state index in [1.165, 1.54) is 25.7 Å². The van der Waals surface area contributed by atoms with Crippen LogP contribution in [0.25, 0.3) is 0 Å². The summed E-state index contributed by atoms with van der Waals surface area (Å²) in [5, 5.41) is 0. The molecule has 7 heavy (non-hydrogen) atoms. The van der Waals surface area contributed by atoms with E-state index in [9.17, 15) is 0 Å². The molecule has 1 saturated carbocycles. The first-order valence-electron chi connectivity index (χ1n) is 3.16. The topological polar surface area (TPSA) is 0 Å². The molecule has 1 atom stereocenters. The van der Waals surface area contributed by atoms with E-state index in [1.807, 2.05) is 0 Å². The summed E-state index contributed by atoms with van der Waals surface area (Å²) in [6, 6.07) is 0. The van der Waals surface area contributed by atoms with Gasteiger partial charge in [-0.2, -0.15) is 0 Å². The summed E-state index contributed by atoms with van der Waals surface area (Å²) < 4.78 is 0. The summed E-state index contributed by atoms with van der Waals surface area (Å²) in [5.74, 6) is 1.06. The molecule has 0 N–H and O–H groups in total. The number of rotatable bonds is 0. The third kappa shape index (κ3) is 0.495. The van der Waals surface area contributed by atoms with E-state index >= 15 is 0 Å². The Hall–Kier alpha value is -0.260. The Kier molecular flexibility index (Phi) is 0.592. The summed E-state index contributed by atoms with van der Waals surface area (Å²) in [7, 11) is 0. The van der Waals surface area contributed by atoms with Crippen molar-refractivity contribution in [2.75, 3.05) is 0 Å². The van der Waals surface area contributed by atoms with Crippen LogP contribution in [0.1, 0.15) is 25.7 Å². The van der Waals surface area contributed by atoms with Gasteiger partial charge in [0.2, 0.25) is 0 Å². The van der Waals surface area contributed by atoms with Crippen LogP contribution in [0.15, 0.2) is 11.6 Å². The summed E-state index contributed by atoms with van der Waals surface area (Å²) >= 11 is 0. The third-order valence-electron chi connectivity index (χ3n) is 2.01. The van der Waals surface area contributed by atoms with E-state index in [4.69, 9.17) is 0 Å². The Labute approximate surface area is 44.2 Å². The van der Waals surface area contributed by atoms with Gasteiger partial charge in [-0.15, -0.1) is 0 Å². The molecule has 0 bridgehead atoms. The maximum atomic E-state index is 2.42. The summed E-state index contributed by atoms with van der Waals surface area (Å²) in [6.45, 7) is 0. The summed E-state index contributed by atoms with van der Waals surface area (Å²) in [6.07, 6.45) is 8.18. The van der Waals surface area contributed by atoms with Gasteiger partial charge in [0.05, 0.1) is 0 Å². The predicted molar refractivity (Wildman–Crippen MR) is 30.0 cm³/mol. The zero-order valence-corrected chi connectivity index (χ0v) is 4.48. The first-order valence-corrected chi connectivity index (χ1v) is 3.16. The Morgan fingerprint density at radius 1 is 1.57 bits per heavy atom. The standard InChI is InChI=1S/C7H10/c1-2-4-7-5-6(7)3-1/h3,7H,1-2,4-5H2/t7-/m0/s1. The molecule has 0 saturated heterocycles. The highest BCUT2D eigenvalue weighted by molar-refractivity contribution is 5.24. The van der Waals surface area contributed by atoms with Gasteiger partial charge < -0.3 is 0 Å². The predicted octanol–water partition coefficient (Wildman–Crippen LogP) is 2.12. The molecule has 0 radical (unpaired) electrons. The molecule has 2 aliphatic rings. The molecule has 2 rings (SSSR count). The lowest BCUT2D eigenvalue weighted by Crippen LogP contribution is -1.81. The van der Waals surface area contributed by atoms with Crippen molar-refractivity contribution in [3.8, 4) is 0 Å². The lowest BCUT2D eigenvalue weighted by Gasteiger charge is -1.97. The smallest absolute Gasteiger partial charge is 0.0166 e. The summed E-state index contributed by atoms with van der Waals surface area (Å²) in [4.78, 5) is 0. The molecule has 0 aromatic carbocycles. The quantitative estimate of drug-likeness (QED) is 0.403. The molecule has 38 valence electrons. The highest BCUT2D eigenvalue weighted by Gasteiger charge is 2.30. The Morgan fingerprint density at radius 2 is 2.57 bits per heavy atom. The van der Waals surface area contributed by atoms with Crippen LogP contribution < -0.4 is 0 Å². The molecule has 2 aliphatic carbocycles. The van der Waals surface area contributed by atoms with E-state index in [2.05, 4.69) is 6.08 Å². The van der Waals surface area contributed by atoms with E-state index in [0.29, 0.717) is 0 Å². The maximum Gasteiger partial charge on any atom is -0.0166 e. The van der Waals surface area contributed by atoms with Gasteiger partial charge in [0, 0.05) is 0 Å². The minimum Gasteiger partial charge on any atom is -0.0850 e. The van der Waals surface area contributed by atoms with Crippen molar-refractivity contribution in [3.05, 3.63) is 11.6 Å². The Balaban J connectivity index is 2.19.